The Kier molecular flexibility index (Phi) is 5.19. The largest absolute Gasteiger partial charge is 0.376 e. The van der Waals surface area contributed by atoms with E-state index in [-0.39, 0.29) is 17.7 Å². The normalized spacial score (nSPS) is 24.8. The Morgan fingerprint density at radius 2 is 2.11 bits per heavy atom. The number of hydrogen-bond donors (Lipinski definition) is 1. The first-order valence-electron chi connectivity index (χ1n) is 7.30. The van der Waals surface area contributed by atoms with Crippen molar-refractivity contribution < 1.29 is 14.3 Å². The SMILES string of the molecule is CN1CC(C(=O)NCCOC2CCCCC2)CC1=O. The number of carbonyl (C=O) groups is 2. The molecule has 108 valence electrons. The van der Waals surface area contributed by atoms with E-state index in [4.69, 9.17) is 4.74 Å². The maximum atomic E-state index is 11.8. The van der Waals surface area contributed by atoms with Crippen molar-refractivity contribution >= 4 is 11.8 Å². The molecule has 5 nitrogen and oxygen atoms in total. The summed E-state index contributed by atoms with van der Waals surface area (Å²) in [5.74, 6) is -0.157. The number of hydrogen-bond acceptors (Lipinski definition) is 3. The van der Waals surface area contributed by atoms with E-state index in [2.05, 4.69) is 5.32 Å². The molecule has 2 rings (SSSR count). The molecule has 1 N–H and O–H groups in total. The molecule has 1 saturated heterocycles. The van der Waals surface area contributed by atoms with Gasteiger partial charge in [0.05, 0.1) is 18.6 Å². The van der Waals surface area contributed by atoms with Gasteiger partial charge in [0.2, 0.25) is 11.8 Å². The van der Waals surface area contributed by atoms with Gasteiger partial charge in [-0.3, -0.25) is 9.59 Å². The predicted octanol–water partition coefficient (Wildman–Crippen LogP) is 0.930. The van der Waals surface area contributed by atoms with E-state index in [1.54, 1.807) is 11.9 Å². The zero-order valence-corrected chi connectivity index (χ0v) is 11.7. The lowest BCUT2D eigenvalue weighted by molar-refractivity contribution is -0.128. The summed E-state index contributed by atoms with van der Waals surface area (Å²) >= 11 is 0. The maximum absolute atomic E-state index is 11.8. The lowest BCUT2D eigenvalue weighted by Crippen LogP contribution is -2.35. The van der Waals surface area contributed by atoms with Crippen LogP contribution >= 0.6 is 0 Å². The van der Waals surface area contributed by atoms with E-state index in [9.17, 15) is 9.59 Å². The average Bonchev–Trinajstić information content (AvgIpc) is 2.76. The second kappa shape index (κ2) is 6.89. The van der Waals surface area contributed by atoms with Crippen LogP contribution in [0.4, 0.5) is 0 Å². The molecular weight excluding hydrogens is 244 g/mol. The third-order valence-corrected chi connectivity index (χ3v) is 4.02. The molecule has 0 spiro atoms. The van der Waals surface area contributed by atoms with Crippen molar-refractivity contribution in [3.8, 4) is 0 Å². The second-order valence-electron chi connectivity index (χ2n) is 5.60. The summed E-state index contributed by atoms with van der Waals surface area (Å²) in [5, 5.41) is 2.86. The van der Waals surface area contributed by atoms with Crippen LogP contribution in [0.25, 0.3) is 0 Å². The van der Waals surface area contributed by atoms with Crippen LogP contribution in [0.1, 0.15) is 38.5 Å². The van der Waals surface area contributed by atoms with Gasteiger partial charge < -0.3 is 15.0 Å². The first kappa shape index (κ1) is 14.3. The molecule has 1 unspecified atom stereocenters. The fourth-order valence-corrected chi connectivity index (χ4v) is 2.82. The highest BCUT2D eigenvalue weighted by Crippen LogP contribution is 2.20. The minimum absolute atomic E-state index is 0.0232. The third-order valence-electron chi connectivity index (χ3n) is 4.02. The Labute approximate surface area is 114 Å². The van der Waals surface area contributed by atoms with Crippen molar-refractivity contribution in [2.24, 2.45) is 5.92 Å². The summed E-state index contributed by atoms with van der Waals surface area (Å²) in [5.41, 5.74) is 0. The number of ether oxygens (including phenoxy) is 1. The molecule has 0 radical (unpaired) electrons. The molecular formula is C14H24N2O3. The molecule has 0 aromatic rings. The fourth-order valence-electron chi connectivity index (χ4n) is 2.82. The molecule has 0 aromatic heterocycles. The van der Waals surface area contributed by atoms with Crippen molar-refractivity contribution in [3.63, 3.8) is 0 Å². The Morgan fingerprint density at radius 1 is 1.37 bits per heavy atom. The van der Waals surface area contributed by atoms with Gasteiger partial charge in [-0.15, -0.1) is 0 Å². The zero-order valence-electron chi connectivity index (χ0n) is 11.7. The van der Waals surface area contributed by atoms with E-state index in [1.165, 1.54) is 19.3 Å². The Morgan fingerprint density at radius 3 is 2.74 bits per heavy atom. The number of nitrogens with zero attached hydrogens (tertiary/aromatic N) is 1. The second-order valence-corrected chi connectivity index (χ2v) is 5.60. The van der Waals surface area contributed by atoms with Gasteiger partial charge >= 0.3 is 0 Å². The van der Waals surface area contributed by atoms with Gasteiger partial charge in [-0.1, -0.05) is 19.3 Å². The number of rotatable bonds is 5. The lowest BCUT2D eigenvalue weighted by atomic mass is 9.98. The van der Waals surface area contributed by atoms with E-state index >= 15 is 0 Å². The molecule has 1 aliphatic carbocycles. The summed E-state index contributed by atoms with van der Waals surface area (Å²) in [7, 11) is 1.74. The molecule has 5 heteroatoms. The quantitative estimate of drug-likeness (QED) is 0.755. The van der Waals surface area contributed by atoms with Crippen molar-refractivity contribution in [1.29, 1.82) is 0 Å². The minimum Gasteiger partial charge on any atom is -0.376 e. The van der Waals surface area contributed by atoms with Crippen LogP contribution in [0.2, 0.25) is 0 Å². The van der Waals surface area contributed by atoms with E-state index in [0.29, 0.717) is 32.2 Å². The summed E-state index contributed by atoms with van der Waals surface area (Å²) in [4.78, 5) is 24.8. The van der Waals surface area contributed by atoms with Crippen LogP contribution in [0.5, 0.6) is 0 Å². The van der Waals surface area contributed by atoms with Gasteiger partial charge in [0.25, 0.3) is 0 Å². The van der Waals surface area contributed by atoms with Crippen LogP contribution in [0, 0.1) is 5.92 Å². The Hall–Kier alpha value is -1.10. The van der Waals surface area contributed by atoms with Crippen molar-refractivity contribution in [2.75, 3.05) is 26.7 Å². The predicted molar refractivity (Wildman–Crippen MR) is 71.6 cm³/mol. The molecule has 1 heterocycles. The monoisotopic (exact) mass is 268 g/mol. The van der Waals surface area contributed by atoms with Crippen molar-refractivity contribution in [2.45, 2.75) is 44.6 Å². The molecule has 2 aliphatic rings. The summed E-state index contributed by atoms with van der Waals surface area (Å²) in [6, 6.07) is 0. The first-order chi connectivity index (χ1) is 9.16. The highest BCUT2D eigenvalue weighted by atomic mass is 16.5. The fraction of sp³-hybridized carbons (Fsp3) is 0.857. The maximum Gasteiger partial charge on any atom is 0.225 e. The minimum atomic E-state index is -0.188. The van der Waals surface area contributed by atoms with Crippen LogP contribution in [-0.4, -0.2) is 49.6 Å². The Bertz CT molecular complexity index is 327. The highest BCUT2D eigenvalue weighted by Gasteiger charge is 2.31. The van der Waals surface area contributed by atoms with Gasteiger partial charge in [0.15, 0.2) is 0 Å². The molecule has 19 heavy (non-hydrogen) atoms. The van der Waals surface area contributed by atoms with Crippen LogP contribution < -0.4 is 5.32 Å². The van der Waals surface area contributed by atoms with Gasteiger partial charge in [-0.05, 0) is 12.8 Å². The van der Waals surface area contributed by atoms with Crippen LogP contribution in [0.15, 0.2) is 0 Å². The molecule has 2 amide bonds. The smallest absolute Gasteiger partial charge is 0.225 e. The molecule has 0 aromatic carbocycles. The standard InChI is InChI=1S/C14H24N2O3/c1-16-10-11(9-13(16)17)14(18)15-7-8-19-12-5-3-2-4-6-12/h11-12H,2-10H2,1H3,(H,15,18). The summed E-state index contributed by atoms with van der Waals surface area (Å²) in [6.07, 6.45) is 6.85. The molecule has 1 atom stereocenters. The van der Waals surface area contributed by atoms with Crippen LogP contribution in [0.3, 0.4) is 0 Å². The number of carbonyl (C=O) groups excluding carboxylic acids is 2. The van der Waals surface area contributed by atoms with Gasteiger partial charge in [0, 0.05) is 26.6 Å². The molecule has 1 saturated carbocycles. The highest BCUT2D eigenvalue weighted by molar-refractivity contribution is 5.89. The average molecular weight is 268 g/mol. The van der Waals surface area contributed by atoms with Gasteiger partial charge in [0.1, 0.15) is 0 Å². The molecule has 2 fully saturated rings. The molecule has 1 aliphatic heterocycles. The third kappa shape index (κ3) is 4.20. The lowest BCUT2D eigenvalue weighted by Gasteiger charge is -2.22. The van der Waals surface area contributed by atoms with E-state index in [0.717, 1.165) is 12.8 Å². The number of likely N-dealkylation sites (tertiary alicyclic amines) is 1. The first-order valence-corrected chi connectivity index (χ1v) is 7.30. The number of nitrogens with one attached hydrogen (secondary N) is 1. The topological polar surface area (TPSA) is 58.6 Å². The van der Waals surface area contributed by atoms with Crippen molar-refractivity contribution in [3.05, 3.63) is 0 Å². The van der Waals surface area contributed by atoms with Crippen LogP contribution in [-0.2, 0) is 14.3 Å². The molecule has 0 bridgehead atoms. The van der Waals surface area contributed by atoms with Crippen molar-refractivity contribution in [1.82, 2.24) is 10.2 Å². The zero-order chi connectivity index (χ0) is 13.7. The summed E-state index contributed by atoms with van der Waals surface area (Å²) in [6.45, 7) is 1.66. The Balaban J connectivity index is 1.57. The number of amides is 2. The van der Waals surface area contributed by atoms with E-state index < -0.39 is 0 Å². The summed E-state index contributed by atoms with van der Waals surface area (Å²) < 4.78 is 5.75. The van der Waals surface area contributed by atoms with Gasteiger partial charge in [-0.2, -0.15) is 0 Å². The van der Waals surface area contributed by atoms with E-state index in [1.807, 2.05) is 0 Å². The van der Waals surface area contributed by atoms with Gasteiger partial charge in [-0.25, -0.2) is 0 Å².